The van der Waals surface area contributed by atoms with Crippen LogP contribution in [0.15, 0.2) is 76.4 Å². The first kappa shape index (κ1) is 17.8. The quantitative estimate of drug-likeness (QED) is 0.613. The van der Waals surface area contributed by atoms with E-state index in [1.807, 2.05) is 41.2 Å². The minimum absolute atomic E-state index is 0.271. The van der Waals surface area contributed by atoms with Crippen molar-refractivity contribution in [3.05, 3.63) is 82.6 Å². The molecule has 0 amide bonds. The van der Waals surface area contributed by atoms with Crippen LogP contribution in [0.4, 0.5) is 0 Å². The van der Waals surface area contributed by atoms with Crippen LogP contribution in [-0.2, 0) is 23.1 Å². The third-order valence-corrected chi connectivity index (χ3v) is 6.15. The Bertz CT molecular complexity index is 938. The highest BCUT2D eigenvalue weighted by atomic mass is 79.9. The van der Waals surface area contributed by atoms with Gasteiger partial charge in [0.05, 0.1) is 17.6 Å². The molecule has 0 unspecified atom stereocenters. The van der Waals surface area contributed by atoms with Crippen LogP contribution in [0.25, 0.3) is 0 Å². The van der Waals surface area contributed by atoms with Crippen molar-refractivity contribution in [1.82, 2.24) is 14.1 Å². The molecular formula is C18H18BrN3O2S. The number of halogens is 1. The van der Waals surface area contributed by atoms with Gasteiger partial charge in [-0.3, -0.25) is 4.68 Å². The lowest BCUT2D eigenvalue weighted by atomic mass is 10.2. The van der Waals surface area contributed by atoms with Crippen LogP contribution in [0.3, 0.4) is 0 Å². The van der Waals surface area contributed by atoms with Gasteiger partial charge in [-0.1, -0.05) is 46.3 Å². The zero-order valence-electron chi connectivity index (χ0n) is 13.7. The molecule has 1 aromatic heterocycles. The molecule has 0 bridgehead atoms. The molecule has 0 N–H and O–H groups in total. The van der Waals surface area contributed by atoms with Gasteiger partial charge in [0, 0.05) is 29.8 Å². The van der Waals surface area contributed by atoms with Gasteiger partial charge in [-0.15, -0.1) is 0 Å². The summed E-state index contributed by atoms with van der Waals surface area (Å²) in [7, 11) is -1.95. The SMILES string of the molecule is CN(Cc1cnn(Cc2ccccc2)c1)S(=O)(=O)c1ccc(Br)cc1. The second-order valence-corrected chi connectivity index (χ2v) is 8.71. The predicted molar refractivity (Wildman–Crippen MR) is 101 cm³/mol. The van der Waals surface area contributed by atoms with E-state index in [9.17, 15) is 8.42 Å². The van der Waals surface area contributed by atoms with E-state index < -0.39 is 10.0 Å². The van der Waals surface area contributed by atoms with Crippen molar-refractivity contribution in [3.8, 4) is 0 Å². The summed E-state index contributed by atoms with van der Waals surface area (Å²) in [6.45, 7) is 0.928. The van der Waals surface area contributed by atoms with Gasteiger partial charge in [-0.2, -0.15) is 9.40 Å². The number of sulfonamides is 1. The van der Waals surface area contributed by atoms with Gasteiger partial charge in [0.25, 0.3) is 0 Å². The number of rotatable bonds is 6. The minimum atomic E-state index is -3.53. The first-order valence-corrected chi connectivity index (χ1v) is 9.95. The van der Waals surface area contributed by atoms with Crippen molar-refractivity contribution < 1.29 is 8.42 Å². The maximum absolute atomic E-state index is 12.6. The molecule has 130 valence electrons. The van der Waals surface area contributed by atoms with Crippen molar-refractivity contribution >= 4 is 26.0 Å². The molecule has 0 radical (unpaired) electrons. The van der Waals surface area contributed by atoms with Crippen molar-refractivity contribution in [2.45, 2.75) is 18.0 Å². The number of benzene rings is 2. The summed E-state index contributed by atoms with van der Waals surface area (Å²) in [6.07, 6.45) is 3.58. The lowest BCUT2D eigenvalue weighted by Gasteiger charge is -2.16. The fourth-order valence-electron chi connectivity index (χ4n) is 2.47. The Morgan fingerprint density at radius 3 is 2.40 bits per heavy atom. The van der Waals surface area contributed by atoms with Gasteiger partial charge in [0.15, 0.2) is 0 Å². The van der Waals surface area contributed by atoms with E-state index in [4.69, 9.17) is 0 Å². The fraction of sp³-hybridized carbons (Fsp3) is 0.167. The topological polar surface area (TPSA) is 55.2 Å². The van der Waals surface area contributed by atoms with E-state index >= 15 is 0 Å². The summed E-state index contributed by atoms with van der Waals surface area (Å²) < 4.78 is 29.2. The highest BCUT2D eigenvalue weighted by Gasteiger charge is 2.21. The summed E-state index contributed by atoms with van der Waals surface area (Å²) in [4.78, 5) is 0.273. The fourth-order valence-corrected chi connectivity index (χ4v) is 3.90. The summed E-state index contributed by atoms with van der Waals surface area (Å²) >= 11 is 3.31. The molecule has 0 saturated carbocycles. The normalized spacial score (nSPS) is 11.8. The van der Waals surface area contributed by atoms with Gasteiger partial charge in [-0.05, 0) is 29.8 Å². The standard InChI is InChI=1S/C18H18BrN3O2S/c1-21(25(23,24)18-9-7-17(19)8-10-18)12-16-11-20-22(14-16)13-15-5-3-2-4-6-15/h2-11,14H,12-13H2,1H3. The van der Waals surface area contributed by atoms with Crippen molar-refractivity contribution in [3.63, 3.8) is 0 Å². The minimum Gasteiger partial charge on any atom is -0.268 e. The first-order valence-electron chi connectivity index (χ1n) is 7.72. The van der Waals surface area contributed by atoms with Crippen molar-refractivity contribution in [2.75, 3.05) is 7.05 Å². The van der Waals surface area contributed by atoms with Crippen LogP contribution < -0.4 is 0 Å². The van der Waals surface area contributed by atoms with Crippen molar-refractivity contribution in [2.24, 2.45) is 0 Å². The van der Waals surface area contributed by atoms with Gasteiger partial charge in [0.1, 0.15) is 0 Å². The molecule has 0 atom stereocenters. The van der Waals surface area contributed by atoms with E-state index in [1.165, 1.54) is 4.31 Å². The monoisotopic (exact) mass is 419 g/mol. The maximum Gasteiger partial charge on any atom is 0.243 e. The number of aromatic nitrogens is 2. The smallest absolute Gasteiger partial charge is 0.243 e. The van der Waals surface area contributed by atoms with Gasteiger partial charge >= 0.3 is 0 Å². The Balaban J connectivity index is 1.70. The molecule has 0 fully saturated rings. The molecule has 0 aliphatic carbocycles. The lowest BCUT2D eigenvalue weighted by Crippen LogP contribution is -2.26. The summed E-state index contributed by atoms with van der Waals surface area (Å²) in [5.41, 5.74) is 1.99. The van der Waals surface area contributed by atoms with Crippen LogP contribution in [0, 0.1) is 0 Å². The molecule has 0 aliphatic heterocycles. The van der Waals surface area contributed by atoms with Gasteiger partial charge < -0.3 is 0 Å². The summed E-state index contributed by atoms with van der Waals surface area (Å²) in [6, 6.07) is 16.6. The zero-order chi connectivity index (χ0) is 17.9. The predicted octanol–water partition coefficient (Wildman–Crippen LogP) is 3.51. The first-order chi connectivity index (χ1) is 11.9. The number of nitrogens with zero attached hydrogens (tertiary/aromatic N) is 3. The molecule has 1 heterocycles. The number of hydrogen-bond acceptors (Lipinski definition) is 3. The van der Waals surface area contributed by atoms with Gasteiger partial charge in [0.2, 0.25) is 10.0 Å². The molecule has 3 aromatic rings. The molecular weight excluding hydrogens is 402 g/mol. The lowest BCUT2D eigenvalue weighted by molar-refractivity contribution is 0.466. The summed E-state index contributed by atoms with van der Waals surface area (Å²) in [5, 5.41) is 4.32. The third-order valence-electron chi connectivity index (χ3n) is 3.80. The van der Waals surface area contributed by atoms with Crippen LogP contribution >= 0.6 is 15.9 Å². The second kappa shape index (κ2) is 7.51. The maximum atomic E-state index is 12.6. The Hall–Kier alpha value is -1.96. The van der Waals surface area contributed by atoms with E-state index in [0.29, 0.717) is 6.54 Å². The second-order valence-electron chi connectivity index (χ2n) is 5.75. The average Bonchev–Trinajstić information content (AvgIpc) is 3.03. The Labute approximate surface area is 156 Å². The highest BCUT2D eigenvalue weighted by Crippen LogP contribution is 2.19. The Morgan fingerprint density at radius 2 is 1.72 bits per heavy atom. The third kappa shape index (κ3) is 4.36. The molecule has 25 heavy (non-hydrogen) atoms. The molecule has 0 saturated heterocycles. The molecule has 2 aromatic carbocycles. The van der Waals surface area contributed by atoms with E-state index in [2.05, 4.69) is 21.0 Å². The van der Waals surface area contributed by atoms with Crippen LogP contribution in [0.5, 0.6) is 0 Å². The summed E-state index contributed by atoms with van der Waals surface area (Å²) in [5.74, 6) is 0. The molecule has 5 nitrogen and oxygen atoms in total. The van der Waals surface area contributed by atoms with E-state index in [-0.39, 0.29) is 11.4 Å². The molecule has 3 rings (SSSR count). The van der Waals surface area contributed by atoms with Crippen LogP contribution in [0.1, 0.15) is 11.1 Å². The van der Waals surface area contributed by atoms with Gasteiger partial charge in [-0.25, -0.2) is 8.42 Å². The zero-order valence-corrected chi connectivity index (χ0v) is 16.1. The van der Waals surface area contributed by atoms with Crippen molar-refractivity contribution in [1.29, 1.82) is 0 Å². The Morgan fingerprint density at radius 1 is 1.04 bits per heavy atom. The molecule has 0 spiro atoms. The van der Waals surface area contributed by atoms with Crippen LogP contribution in [-0.4, -0.2) is 29.6 Å². The van der Waals surface area contributed by atoms with E-state index in [1.54, 1.807) is 37.5 Å². The molecule has 0 aliphatic rings. The Kier molecular flexibility index (Phi) is 5.36. The van der Waals surface area contributed by atoms with E-state index in [0.717, 1.165) is 15.6 Å². The number of hydrogen-bond donors (Lipinski definition) is 0. The molecule has 7 heteroatoms. The highest BCUT2D eigenvalue weighted by molar-refractivity contribution is 9.10. The van der Waals surface area contributed by atoms with Crippen LogP contribution in [0.2, 0.25) is 0 Å². The average molecular weight is 420 g/mol. The largest absolute Gasteiger partial charge is 0.268 e.